The molecule has 7 nitrogen and oxygen atoms in total. The van der Waals surface area contributed by atoms with Crippen molar-refractivity contribution < 1.29 is 9.53 Å². The Bertz CT molecular complexity index is 521. The molecule has 1 aromatic heterocycles. The maximum Gasteiger partial charge on any atom is 0.345 e. The number of nitrogens with zero attached hydrogens (tertiary/aromatic N) is 3. The number of carbonyl (C=O) groups excluding carboxylic acids is 1. The molecular formula is C13H20N4O3. The Morgan fingerprint density at radius 3 is 2.60 bits per heavy atom. The van der Waals surface area contributed by atoms with E-state index in [0.717, 1.165) is 32.7 Å². The third kappa shape index (κ3) is 3.16. The SMILES string of the molecule is CCOC(=O)c1cnc(N2CCN(CC)CC2)[nH]c1=O. The molecule has 0 aromatic carbocycles. The van der Waals surface area contributed by atoms with Crippen molar-refractivity contribution in [2.24, 2.45) is 0 Å². The van der Waals surface area contributed by atoms with Crippen LogP contribution in [0.25, 0.3) is 0 Å². The number of piperazine rings is 1. The Kier molecular flexibility index (Phi) is 4.73. The van der Waals surface area contributed by atoms with Crippen LogP contribution in [0.1, 0.15) is 24.2 Å². The van der Waals surface area contributed by atoms with Gasteiger partial charge in [-0.05, 0) is 13.5 Å². The fourth-order valence-corrected chi connectivity index (χ4v) is 2.18. The van der Waals surface area contributed by atoms with Gasteiger partial charge >= 0.3 is 5.97 Å². The maximum absolute atomic E-state index is 11.9. The minimum absolute atomic E-state index is 0.0530. The number of hydrogen-bond acceptors (Lipinski definition) is 6. The summed E-state index contributed by atoms with van der Waals surface area (Å²) in [5.41, 5.74) is -0.505. The van der Waals surface area contributed by atoms with Crippen LogP contribution in [-0.2, 0) is 4.74 Å². The number of H-pyrrole nitrogens is 1. The maximum atomic E-state index is 11.9. The van der Waals surface area contributed by atoms with Crippen molar-refractivity contribution in [3.05, 3.63) is 22.1 Å². The molecule has 1 aromatic rings. The molecule has 2 heterocycles. The van der Waals surface area contributed by atoms with Crippen molar-refractivity contribution >= 4 is 11.9 Å². The van der Waals surface area contributed by atoms with Gasteiger partial charge in [0.1, 0.15) is 5.56 Å². The number of aromatic amines is 1. The molecule has 20 heavy (non-hydrogen) atoms. The van der Waals surface area contributed by atoms with Gasteiger partial charge in [-0.15, -0.1) is 0 Å². The zero-order chi connectivity index (χ0) is 14.5. The van der Waals surface area contributed by atoms with Crippen LogP contribution in [0, 0.1) is 0 Å². The predicted octanol–water partition coefficient (Wildman–Crippen LogP) is 0.0885. The molecule has 0 amide bonds. The van der Waals surface area contributed by atoms with E-state index in [-0.39, 0.29) is 12.2 Å². The molecule has 1 saturated heterocycles. The van der Waals surface area contributed by atoms with Gasteiger partial charge in [0.05, 0.1) is 12.8 Å². The highest BCUT2D eigenvalue weighted by atomic mass is 16.5. The van der Waals surface area contributed by atoms with Crippen LogP contribution in [0.4, 0.5) is 5.95 Å². The Hall–Kier alpha value is -1.89. The van der Waals surface area contributed by atoms with Crippen LogP contribution in [0.5, 0.6) is 0 Å². The molecule has 1 aliphatic heterocycles. The summed E-state index contributed by atoms with van der Waals surface area (Å²) in [4.78, 5) is 34.6. The highest BCUT2D eigenvalue weighted by molar-refractivity contribution is 5.88. The van der Waals surface area contributed by atoms with Crippen LogP contribution in [0.3, 0.4) is 0 Å². The summed E-state index contributed by atoms with van der Waals surface area (Å²) in [7, 11) is 0. The van der Waals surface area contributed by atoms with Gasteiger partial charge < -0.3 is 14.5 Å². The third-order valence-electron chi connectivity index (χ3n) is 3.40. The Labute approximate surface area is 117 Å². The number of hydrogen-bond donors (Lipinski definition) is 1. The fraction of sp³-hybridized carbons (Fsp3) is 0.615. The number of anilines is 1. The predicted molar refractivity (Wildman–Crippen MR) is 75.1 cm³/mol. The van der Waals surface area contributed by atoms with Crippen LogP contribution in [0.15, 0.2) is 11.0 Å². The summed E-state index contributed by atoms with van der Waals surface area (Å²) in [5.74, 6) is -0.123. The lowest BCUT2D eigenvalue weighted by atomic mass is 10.3. The zero-order valence-corrected chi connectivity index (χ0v) is 11.9. The summed E-state index contributed by atoms with van der Waals surface area (Å²) in [6.07, 6.45) is 1.29. The van der Waals surface area contributed by atoms with Gasteiger partial charge in [0.25, 0.3) is 5.56 Å². The molecule has 0 bridgehead atoms. The van der Waals surface area contributed by atoms with E-state index in [4.69, 9.17) is 4.74 Å². The standard InChI is InChI=1S/C13H20N4O3/c1-3-16-5-7-17(8-6-16)13-14-9-10(11(18)15-13)12(19)20-4-2/h9H,3-8H2,1-2H3,(H,14,15,18). The summed E-state index contributed by atoms with van der Waals surface area (Å²) in [6, 6.07) is 0. The minimum atomic E-state index is -0.636. The highest BCUT2D eigenvalue weighted by Gasteiger charge is 2.19. The van der Waals surface area contributed by atoms with Crippen LogP contribution in [-0.4, -0.2) is 60.2 Å². The fourth-order valence-electron chi connectivity index (χ4n) is 2.18. The topological polar surface area (TPSA) is 78.5 Å². The molecular weight excluding hydrogens is 260 g/mol. The molecule has 7 heteroatoms. The minimum Gasteiger partial charge on any atom is -0.462 e. The Morgan fingerprint density at radius 2 is 2.05 bits per heavy atom. The van der Waals surface area contributed by atoms with E-state index in [1.807, 2.05) is 4.90 Å². The van der Waals surface area contributed by atoms with Crippen molar-refractivity contribution in [3.63, 3.8) is 0 Å². The van der Waals surface area contributed by atoms with Crippen LogP contribution >= 0.6 is 0 Å². The zero-order valence-electron chi connectivity index (χ0n) is 11.9. The number of aromatic nitrogens is 2. The first-order valence-corrected chi connectivity index (χ1v) is 6.89. The number of carbonyl (C=O) groups is 1. The van der Waals surface area contributed by atoms with Gasteiger partial charge in [0, 0.05) is 26.2 Å². The molecule has 2 rings (SSSR count). The largest absolute Gasteiger partial charge is 0.462 e. The Morgan fingerprint density at radius 1 is 1.35 bits per heavy atom. The van der Waals surface area contributed by atoms with Crippen molar-refractivity contribution in [1.82, 2.24) is 14.9 Å². The van der Waals surface area contributed by atoms with E-state index < -0.39 is 11.5 Å². The van der Waals surface area contributed by atoms with E-state index in [2.05, 4.69) is 21.8 Å². The first-order valence-electron chi connectivity index (χ1n) is 6.89. The van der Waals surface area contributed by atoms with E-state index in [1.165, 1.54) is 6.20 Å². The van der Waals surface area contributed by atoms with Gasteiger partial charge in [-0.3, -0.25) is 9.78 Å². The number of ether oxygens (including phenoxy) is 1. The lowest BCUT2D eigenvalue weighted by Gasteiger charge is -2.34. The van der Waals surface area contributed by atoms with Crippen LogP contribution in [0.2, 0.25) is 0 Å². The number of nitrogens with one attached hydrogen (secondary N) is 1. The molecule has 0 atom stereocenters. The first kappa shape index (κ1) is 14.5. The van der Waals surface area contributed by atoms with E-state index in [9.17, 15) is 9.59 Å². The number of likely N-dealkylation sites (N-methyl/N-ethyl adjacent to an activating group) is 1. The molecule has 1 N–H and O–H groups in total. The summed E-state index contributed by atoms with van der Waals surface area (Å²) >= 11 is 0. The van der Waals surface area contributed by atoms with Gasteiger partial charge in [-0.2, -0.15) is 0 Å². The van der Waals surface area contributed by atoms with Gasteiger partial charge in [-0.1, -0.05) is 6.92 Å². The number of rotatable bonds is 4. The molecule has 0 unspecified atom stereocenters. The van der Waals surface area contributed by atoms with Crippen molar-refractivity contribution in [2.75, 3.05) is 44.2 Å². The van der Waals surface area contributed by atoms with E-state index in [0.29, 0.717) is 5.95 Å². The summed E-state index contributed by atoms with van der Waals surface area (Å²) in [5, 5.41) is 0. The first-order chi connectivity index (χ1) is 9.65. The summed E-state index contributed by atoms with van der Waals surface area (Å²) < 4.78 is 4.80. The van der Waals surface area contributed by atoms with Gasteiger partial charge in [0.2, 0.25) is 5.95 Å². The summed E-state index contributed by atoms with van der Waals surface area (Å²) in [6.45, 7) is 8.61. The molecule has 1 aliphatic rings. The molecule has 0 aliphatic carbocycles. The number of esters is 1. The average molecular weight is 280 g/mol. The second-order valence-corrected chi connectivity index (χ2v) is 4.59. The molecule has 110 valence electrons. The van der Waals surface area contributed by atoms with E-state index in [1.54, 1.807) is 6.92 Å². The average Bonchev–Trinajstić information content (AvgIpc) is 2.47. The molecule has 1 fully saturated rings. The van der Waals surface area contributed by atoms with Crippen molar-refractivity contribution in [1.29, 1.82) is 0 Å². The molecule has 0 radical (unpaired) electrons. The second kappa shape index (κ2) is 6.51. The lowest BCUT2D eigenvalue weighted by Crippen LogP contribution is -2.47. The van der Waals surface area contributed by atoms with Gasteiger partial charge in [0.15, 0.2) is 0 Å². The third-order valence-corrected chi connectivity index (χ3v) is 3.40. The lowest BCUT2D eigenvalue weighted by molar-refractivity contribution is 0.0523. The normalized spacial score (nSPS) is 16.2. The highest BCUT2D eigenvalue weighted by Crippen LogP contribution is 2.09. The quantitative estimate of drug-likeness (QED) is 0.787. The molecule has 0 saturated carbocycles. The Balaban J connectivity index is 2.10. The van der Waals surface area contributed by atoms with E-state index >= 15 is 0 Å². The smallest absolute Gasteiger partial charge is 0.345 e. The monoisotopic (exact) mass is 280 g/mol. The van der Waals surface area contributed by atoms with Crippen molar-refractivity contribution in [3.8, 4) is 0 Å². The molecule has 0 spiro atoms. The van der Waals surface area contributed by atoms with Gasteiger partial charge in [-0.25, -0.2) is 9.78 Å². The van der Waals surface area contributed by atoms with Crippen LogP contribution < -0.4 is 10.5 Å². The second-order valence-electron chi connectivity index (χ2n) is 4.59. The van der Waals surface area contributed by atoms with Crippen molar-refractivity contribution in [2.45, 2.75) is 13.8 Å².